The Morgan fingerprint density at radius 3 is 1.75 bits per heavy atom. The van der Waals surface area contributed by atoms with Gasteiger partial charge in [-0.05, 0) is 0 Å². The van der Waals surface area contributed by atoms with E-state index < -0.39 is 0 Å². The molecular weight excluding hydrogens is 252 g/mol. The van der Waals surface area contributed by atoms with Gasteiger partial charge >= 0.3 is 0 Å². The molecule has 2 N–H and O–H groups in total. The average Bonchev–Trinajstić information content (AvgIpc) is 3.07. The van der Waals surface area contributed by atoms with E-state index in [9.17, 15) is 0 Å². The average molecular weight is 276 g/mol. The quantitative estimate of drug-likeness (QED) is 0.591. The Bertz CT molecular complexity index is 440. The molecule has 6 heteroatoms. The van der Waals surface area contributed by atoms with Crippen LogP contribution < -0.4 is 19.8 Å². The molecule has 6 nitrogen and oxygen atoms in total. The number of rotatable bonds is 0. The minimum atomic E-state index is 1.01. The predicted octanol–water partition coefficient (Wildman–Crippen LogP) is -1.24. The van der Waals surface area contributed by atoms with Crippen LogP contribution in [0.5, 0.6) is 0 Å². The summed E-state index contributed by atoms with van der Waals surface area (Å²) in [6, 6.07) is 0. The highest BCUT2D eigenvalue weighted by molar-refractivity contribution is 4.69. The van der Waals surface area contributed by atoms with E-state index in [1.165, 1.54) is 0 Å². The Labute approximate surface area is 119 Å². The van der Waals surface area contributed by atoms with Gasteiger partial charge in [-0.25, -0.2) is 18.3 Å². The molecule has 108 valence electrons. The zero-order chi connectivity index (χ0) is 13.6. The Kier molecular flexibility index (Phi) is 4.45. The van der Waals surface area contributed by atoms with Gasteiger partial charge in [0.1, 0.15) is 51.0 Å². The molecule has 0 radical (unpaired) electrons. The summed E-state index contributed by atoms with van der Waals surface area (Å²) in [5.74, 6) is 0. The largest absolute Gasteiger partial charge is 0.309 e. The van der Waals surface area contributed by atoms with E-state index >= 15 is 0 Å². The van der Waals surface area contributed by atoms with Gasteiger partial charge in [-0.3, -0.25) is 0 Å². The highest BCUT2D eigenvalue weighted by Crippen LogP contribution is 1.86. The molecule has 1 aliphatic rings. The van der Waals surface area contributed by atoms with E-state index in [-0.39, 0.29) is 0 Å². The predicted molar refractivity (Wildman–Crippen MR) is 75.0 cm³/mol. The smallest absolute Gasteiger partial charge is 0.243 e. The molecule has 0 unspecified atom stereocenters. The summed E-state index contributed by atoms with van der Waals surface area (Å²) >= 11 is 0. The van der Waals surface area contributed by atoms with Crippen molar-refractivity contribution in [3.63, 3.8) is 0 Å². The van der Waals surface area contributed by atoms with Crippen LogP contribution in [0.25, 0.3) is 0 Å². The maximum atomic E-state index is 3.49. The number of fused-ring (bicyclic) bond motifs is 4. The molecule has 0 saturated carbocycles. The lowest BCUT2D eigenvalue weighted by atomic mass is 10.5. The molecular formula is C14H24N6+2. The van der Waals surface area contributed by atoms with Crippen molar-refractivity contribution < 1.29 is 9.13 Å². The summed E-state index contributed by atoms with van der Waals surface area (Å²) < 4.78 is 8.95. The number of nitrogens with one attached hydrogen (secondary N) is 2. The lowest BCUT2D eigenvalue weighted by Gasteiger charge is -2.03. The van der Waals surface area contributed by atoms with Gasteiger partial charge < -0.3 is 10.6 Å². The first kappa shape index (κ1) is 13.3. The summed E-state index contributed by atoms with van der Waals surface area (Å²) in [5, 5.41) is 6.98. The minimum Gasteiger partial charge on any atom is -0.309 e. The number of hydrogen-bond acceptors (Lipinski definition) is 2. The van der Waals surface area contributed by atoms with Crippen LogP contribution in [-0.2, 0) is 26.2 Å². The summed E-state index contributed by atoms with van der Waals surface area (Å²) in [4.78, 5) is 0. The third-order valence-corrected chi connectivity index (χ3v) is 3.68. The molecule has 4 bridgehead atoms. The van der Waals surface area contributed by atoms with E-state index in [1.807, 2.05) is 0 Å². The second kappa shape index (κ2) is 6.67. The van der Waals surface area contributed by atoms with Crippen molar-refractivity contribution in [2.24, 2.45) is 0 Å². The Morgan fingerprint density at radius 1 is 0.700 bits per heavy atom. The molecule has 20 heavy (non-hydrogen) atoms. The standard InChI is InChI=1S/C14H24N6/c1-5-17-9-10-19(13-17)7-3-16-4-8-20-12-11-18(14-20)6-2-15-1/h9-16H,1-8H2/q+2. The summed E-state index contributed by atoms with van der Waals surface area (Å²) in [6.45, 7) is 8.11. The fourth-order valence-corrected chi connectivity index (χ4v) is 2.49. The molecule has 3 heterocycles. The van der Waals surface area contributed by atoms with Gasteiger partial charge in [0.15, 0.2) is 0 Å². The van der Waals surface area contributed by atoms with Crippen molar-refractivity contribution in [3.05, 3.63) is 37.4 Å². The molecule has 0 aromatic carbocycles. The van der Waals surface area contributed by atoms with Crippen molar-refractivity contribution in [1.82, 2.24) is 19.8 Å². The lowest BCUT2D eigenvalue weighted by molar-refractivity contribution is -0.698. The van der Waals surface area contributed by atoms with Gasteiger partial charge in [0.25, 0.3) is 0 Å². The van der Waals surface area contributed by atoms with Gasteiger partial charge in [0, 0.05) is 26.2 Å². The maximum Gasteiger partial charge on any atom is 0.243 e. The van der Waals surface area contributed by atoms with Crippen LogP contribution in [0.3, 0.4) is 0 Å². The van der Waals surface area contributed by atoms with Crippen molar-refractivity contribution in [3.8, 4) is 0 Å². The highest BCUT2D eigenvalue weighted by Gasteiger charge is 2.06. The number of imidazole rings is 2. The minimum absolute atomic E-state index is 1.01. The molecule has 0 atom stereocenters. The van der Waals surface area contributed by atoms with Gasteiger partial charge in [0.05, 0.1) is 0 Å². The molecule has 1 aliphatic heterocycles. The molecule has 3 rings (SSSR count). The number of nitrogens with zero attached hydrogens (tertiary/aromatic N) is 4. The number of aromatic nitrogens is 4. The van der Waals surface area contributed by atoms with E-state index in [0.717, 1.165) is 52.4 Å². The molecule has 0 saturated heterocycles. The highest BCUT2D eigenvalue weighted by atomic mass is 15.2. The second-order valence-corrected chi connectivity index (χ2v) is 5.28. The lowest BCUT2D eigenvalue weighted by Crippen LogP contribution is -2.41. The van der Waals surface area contributed by atoms with Crippen LogP contribution in [0, 0.1) is 0 Å². The first-order valence-electron chi connectivity index (χ1n) is 7.41. The van der Waals surface area contributed by atoms with Crippen molar-refractivity contribution in [2.45, 2.75) is 26.2 Å². The molecule has 2 aromatic rings. The number of hydrogen-bond donors (Lipinski definition) is 2. The van der Waals surface area contributed by atoms with E-state index in [0.29, 0.717) is 0 Å². The van der Waals surface area contributed by atoms with Crippen LogP contribution >= 0.6 is 0 Å². The van der Waals surface area contributed by atoms with Crippen LogP contribution in [-0.4, -0.2) is 35.3 Å². The monoisotopic (exact) mass is 276 g/mol. The van der Waals surface area contributed by atoms with E-state index in [1.54, 1.807) is 0 Å². The van der Waals surface area contributed by atoms with Crippen LogP contribution in [0.15, 0.2) is 37.4 Å². The Morgan fingerprint density at radius 2 is 1.20 bits per heavy atom. The summed E-state index contributed by atoms with van der Waals surface area (Å²) in [7, 11) is 0. The van der Waals surface area contributed by atoms with Gasteiger partial charge in [0.2, 0.25) is 12.7 Å². The fraction of sp³-hybridized carbons (Fsp3) is 0.571. The summed E-state index contributed by atoms with van der Waals surface area (Å²) in [6.07, 6.45) is 12.9. The zero-order valence-corrected chi connectivity index (χ0v) is 11.9. The fourth-order valence-electron chi connectivity index (χ4n) is 2.49. The normalized spacial score (nSPS) is 18.0. The SMILES string of the molecule is c1c[n+]2cn1CCNCCn1cc[n+](c1)CCNCC2. The molecule has 2 aromatic heterocycles. The van der Waals surface area contributed by atoms with Gasteiger partial charge in [-0.2, -0.15) is 0 Å². The first-order chi connectivity index (χ1) is 9.90. The van der Waals surface area contributed by atoms with Crippen molar-refractivity contribution in [1.29, 1.82) is 0 Å². The van der Waals surface area contributed by atoms with Crippen molar-refractivity contribution >= 4 is 0 Å². The third-order valence-electron chi connectivity index (χ3n) is 3.68. The first-order valence-corrected chi connectivity index (χ1v) is 7.41. The third kappa shape index (κ3) is 3.68. The van der Waals surface area contributed by atoms with Crippen LogP contribution in [0.1, 0.15) is 0 Å². The molecule has 0 fully saturated rings. The molecule has 0 amide bonds. The van der Waals surface area contributed by atoms with Crippen LogP contribution in [0.2, 0.25) is 0 Å². The molecule has 0 aliphatic carbocycles. The van der Waals surface area contributed by atoms with Gasteiger partial charge in [-0.1, -0.05) is 0 Å². The van der Waals surface area contributed by atoms with Gasteiger partial charge in [-0.15, -0.1) is 0 Å². The van der Waals surface area contributed by atoms with E-state index in [4.69, 9.17) is 0 Å². The van der Waals surface area contributed by atoms with Crippen LogP contribution in [0.4, 0.5) is 0 Å². The Hall–Kier alpha value is -1.66. The second-order valence-electron chi connectivity index (χ2n) is 5.28. The van der Waals surface area contributed by atoms with Crippen molar-refractivity contribution in [2.75, 3.05) is 26.2 Å². The summed E-state index contributed by atoms with van der Waals surface area (Å²) in [5.41, 5.74) is 0. The van der Waals surface area contributed by atoms with E-state index in [2.05, 4.69) is 66.3 Å². The maximum absolute atomic E-state index is 3.49. The Balaban J connectivity index is 1.60. The zero-order valence-electron chi connectivity index (χ0n) is 11.9. The topological polar surface area (TPSA) is 41.7 Å². The molecule has 0 spiro atoms.